The molecule has 2 heterocycles. The summed E-state index contributed by atoms with van der Waals surface area (Å²) in [6.07, 6.45) is 1.02. The summed E-state index contributed by atoms with van der Waals surface area (Å²) in [5.74, 6) is -0.962. The van der Waals surface area contributed by atoms with Gasteiger partial charge in [-0.1, -0.05) is 43.3 Å². The zero-order valence-electron chi connectivity index (χ0n) is 24.6. The normalized spacial score (nSPS) is 17.8. The molecule has 1 aliphatic heterocycles. The SMILES string of the molecule is C[C@@H]1CN([C@@H](C)CO)C(=O)c2cccc(NC(=O)c3ccc(-c4nccs4)cc3)c2O[C@@H]1CN(C)S(=O)(=O)c1ccccc1. The van der Waals surface area contributed by atoms with Crippen LogP contribution in [0.4, 0.5) is 5.69 Å². The number of nitrogens with one attached hydrogen (secondary N) is 1. The minimum Gasteiger partial charge on any atom is -0.486 e. The van der Waals surface area contributed by atoms with Gasteiger partial charge in [-0.25, -0.2) is 13.4 Å². The van der Waals surface area contributed by atoms with Gasteiger partial charge in [-0.05, 0) is 43.3 Å². The number of likely N-dealkylation sites (N-methyl/N-ethyl adjacent to an activating group) is 1. The lowest BCUT2D eigenvalue weighted by Crippen LogP contribution is -2.50. The van der Waals surface area contributed by atoms with Crippen molar-refractivity contribution in [1.29, 1.82) is 0 Å². The number of carbonyl (C=O) groups is 2. The summed E-state index contributed by atoms with van der Waals surface area (Å²) in [4.78, 5) is 33.2. The Morgan fingerprint density at radius 3 is 2.52 bits per heavy atom. The van der Waals surface area contributed by atoms with Crippen molar-refractivity contribution >= 4 is 38.9 Å². The average molecular weight is 635 g/mol. The molecule has 0 bridgehead atoms. The van der Waals surface area contributed by atoms with Crippen LogP contribution in [-0.2, 0) is 10.0 Å². The van der Waals surface area contributed by atoms with E-state index in [9.17, 15) is 23.1 Å². The molecule has 12 heteroatoms. The number of para-hydroxylation sites is 1. The lowest BCUT2D eigenvalue weighted by atomic mass is 9.99. The molecule has 3 atom stereocenters. The van der Waals surface area contributed by atoms with E-state index in [1.165, 1.54) is 34.8 Å². The Labute approximate surface area is 261 Å². The summed E-state index contributed by atoms with van der Waals surface area (Å²) in [5.41, 5.74) is 1.76. The third-order valence-electron chi connectivity index (χ3n) is 7.65. The predicted molar refractivity (Wildman–Crippen MR) is 169 cm³/mol. The number of aliphatic hydroxyl groups is 1. The van der Waals surface area contributed by atoms with Gasteiger partial charge in [0.1, 0.15) is 11.1 Å². The number of ether oxygens (including phenoxy) is 1. The van der Waals surface area contributed by atoms with Gasteiger partial charge in [0, 0.05) is 42.2 Å². The van der Waals surface area contributed by atoms with Crippen LogP contribution in [0, 0.1) is 5.92 Å². The highest BCUT2D eigenvalue weighted by Crippen LogP contribution is 2.35. The third-order valence-corrected chi connectivity index (χ3v) is 10.3. The highest BCUT2D eigenvalue weighted by molar-refractivity contribution is 7.89. The van der Waals surface area contributed by atoms with Crippen LogP contribution in [0.25, 0.3) is 10.6 Å². The minimum absolute atomic E-state index is 0.0200. The van der Waals surface area contributed by atoms with Gasteiger partial charge in [0.2, 0.25) is 10.0 Å². The number of carbonyl (C=O) groups excluding carboxylic acids is 2. The van der Waals surface area contributed by atoms with Gasteiger partial charge in [0.05, 0.1) is 35.3 Å². The summed E-state index contributed by atoms with van der Waals surface area (Å²) in [6.45, 7) is 3.57. The zero-order chi connectivity index (χ0) is 31.4. The molecule has 4 aromatic rings. The lowest BCUT2D eigenvalue weighted by Gasteiger charge is -2.38. The Balaban J connectivity index is 1.47. The van der Waals surface area contributed by atoms with Crippen LogP contribution in [0.5, 0.6) is 5.75 Å². The average Bonchev–Trinajstić information content (AvgIpc) is 3.58. The second-order valence-electron chi connectivity index (χ2n) is 10.8. The van der Waals surface area contributed by atoms with Crippen LogP contribution in [-0.4, -0.2) is 78.4 Å². The number of hydrogen-bond donors (Lipinski definition) is 2. The van der Waals surface area contributed by atoms with Gasteiger partial charge in [0.25, 0.3) is 11.8 Å². The molecule has 0 spiro atoms. The van der Waals surface area contributed by atoms with Crippen molar-refractivity contribution in [2.75, 3.05) is 32.1 Å². The topological polar surface area (TPSA) is 129 Å². The fraction of sp³-hybridized carbons (Fsp3) is 0.281. The fourth-order valence-electron chi connectivity index (χ4n) is 5.01. The molecular weight excluding hydrogens is 601 g/mol. The summed E-state index contributed by atoms with van der Waals surface area (Å²) < 4.78 is 34.4. The van der Waals surface area contributed by atoms with Crippen molar-refractivity contribution in [2.24, 2.45) is 5.92 Å². The molecule has 0 saturated heterocycles. The van der Waals surface area contributed by atoms with Crippen molar-refractivity contribution in [3.63, 3.8) is 0 Å². The van der Waals surface area contributed by atoms with Gasteiger partial charge in [-0.15, -0.1) is 11.3 Å². The van der Waals surface area contributed by atoms with E-state index in [1.807, 2.05) is 24.4 Å². The van der Waals surface area contributed by atoms with Crippen LogP contribution in [0.15, 0.2) is 89.3 Å². The number of rotatable bonds is 9. The first kappa shape index (κ1) is 31.3. The highest BCUT2D eigenvalue weighted by Gasteiger charge is 2.36. The maximum absolute atomic E-state index is 13.8. The number of aliphatic hydroxyl groups excluding tert-OH is 1. The molecule has 2 N–H and O–H groups in total. The third kappa shape index (κ3) is 6.53. The molecule has 0 aliphatic carbocycles. The highest BCUT2D eigenvalue weighted by atomic mass is 32.2. The van der Waals surface area contributed by atoms with Crippen molar-refractivity contribution in [3.05, 3.63) is 95.5 Å². The Bertz CT molecular complexity index is 1710. The van der Waals surface area contributed by atoms with E-state index in [4.69, 9.17) is 4.74 Å². The molecule has 0 unspecified atom stereocenters. The van der Waals surface area contributed by atoms with Crippen LogP contribution in [0.3, 0.4) is 0 Å². The van der Waals surface area contributed by atoms with Gasteiger partial charge in [-0.2, -0.15) is 4.31 Å². The smallest absolute Gasteiger partial charge is 0.258 e. The molecule has 3 aromatic carbocycles. The number of anilines is 1. The van der Waals surface area contributed by atoms with E-state index in [2.05, 4.69) is 10.3 Å². The lowest BCUT2D eigenvalue weighted by molar-refractivity contribution is 0.0388. The van der Waals surface area contributed by atoms with Gasteiger partial charge in [-0.3, -0.25) is 9.59 Å². The second kappa shape index (κ2) is 13.3. The molecule has 1 aliphatic rings. The Morgan fingerprint density at radius 2 is 1.86 bits per heavy atom. The number of hydrogen-bond acceptors (Lipinski definition) is 8. The quantitative estimate of drug-likeness (QED) is 0.275. The Morgan fingerprint density at radius 1 is 1.14 bits per heavy atom. The van der Waals surface area contributed by atoms with Crippen molar-refractivity contribution in [3.8, 4) is 16.3 Å². The molecule has 5 rings (SSSR count). The van der Waals surface area contributed by atoms with E-state index in [0.717, 1.165) is 10.6 Å². The monoisotopic (exact) mass is 634 g/mol. The number of benzene rings is 3. The first-order valence-electron chi connectivity index (χ1n) is 14.1. The van der Waals surface area contributed by atoms with Gasteiger partial charge >= 0.3 is 0 Å². The molecule has 0 fully saturated rings. The molecule has 2 amide bonds. The summed E-state index contributed by atoms with van der Waals surface area (Å²) in [7, 11) is -2.34. The van der Waals surface area contributed by atoms with Gasteiger partial charge in [0.15, 0.2) is 5.75 Å². The number of nitrogens with zero attached hydrogens (tertiary/aromatic N) is 3. The van der Waals surface area contributed by atoms with Crippen LogP contribution < -0.4 is 10.1 Å². The van der Waals surface area contributed by atoms with Crippen LogP contribution in [0.1, 0.15) is 34.6 Å². The molecular formula is C32H34N4O6S2. The Hall–Kier alpha value is -4.10. The molecule has 230 valence electrons. The van der Waals surface area contributed by atoms with E-state index < -0.39 is 28.1 Å². The van der Waals surface area contributed by atoms with Crippen molar-refractivity contribution in [2.45, 2.75) is 30.9 Å². The van der Waals surface area contributed by atoms with E-state index in [1.54, 1.807) is 66.6 Å². The van der Waals surface area contributed by atoms with Gasteiger partial charge < -0.3 is 20.1 Å². The fourth-order valence-corrected chi connectivity index (χ4v) is 6.86. The number of sulfonamides is 1. The van der Waals surface area contributed by atoms with E-state index >= 15 is 0 Å². The largest absolute Gasteiger partial charge is 0.486 e. The number of aromatic nitrogens is 1. The predicted octanol–water partition coefficient (Wildman–Crippen LogP) is 4.60. The number of amides is 2. The zero-order valence-corrected chi connectivity index (χ0v) is 26.2. The number of thiazole rings is 1. The molecule has 1 aromatic heterocycles. The molecule has 0 saturated carbocycles. The van der Waals surface area contributed by atoms with Crippen LogP contribution in [0.2, 0.25) is 0 Å². The minimum atomic E-state index is -3.83. The van der Waals surface area contributed by atoms with Crippen LogP contribution >= 0.6 is 11.3 Å². The molecule has 10 nitrogen and oxygen atoms in total. The standard InChI is InChI=1S/C32H34N4O6S2/c1-21-18-36(22(2)20-37)32(39)26-10-7-11-27(34-30(38)23-12-14-24(15-13-23)31-33-16-17-43-31)29(26)42-28(21)19-35(3)44(40,41)25-8-5-4-6-9-25/h4-17,21-22,28,37H,18-20H2,1-3H3,(H,34,38)/t21-,22+,28-/m1/s1. The van der Waals surface area contributed by atoms with E-state index in [-0.39, 0.29) is 53.4 Å². The second-order valence-corrected chi connectivity index (χ2v) is 13.7. The van der Waals surface area contributed by atoms with Crippen molar-refractivity contribution in [1.82, 2.24) is 14.2 Å². The first-order chi connectivity index (χ1) is 21.1. The van der Waals surface area contributed by atoms with Crippen molar-refractivity contribution < 1.29 is 27.9 Å². The summed E-state index contributed by atoms with van der Waals surface area (Å²) in [5, 5.41) is 15.6. The maximum Gasteiger partial charge on any atom is 0.258 e. The van der Waals surface area contributed by atoms with E-state index in [0.29, 0.717) is 5.56 Å². The maximum atomic E-state index is 13.8. The summed E-state index contributed by atoms with van der Waals surface area (Å²) in [6, 6.07) is 19.5. The first-order valence-corrected chi connectivity index (χ1v) is 16.5. The molecule has 0 radical (unpaired) electrons. The summed E-state index contributed by atoms with van der Waals surface area (Å²) >= 11 is 1.50. The number of fused-ring (bicyclic) bond motifs is 1. The molecule has 44 heavy (non-hydrogen) atoms. The Kier molecular flexibility index (Phi) is 9.45.